The summed E-state index contributed by atoms with van der Waals surface area (Å²) in [5.74, 6) is -1.44. The predicted molar refractivity (Wildman–Crippen MR) is 73.2 cm³/mol. The number of carbonyl (C=O) groups is 3. The Labute approximate surface area is 107 Å². The third-order valence-corrected chi connectivity index (χ3v) is 0.604. The molecule has 0 heterocycles. The lowest BCUT2D eigenvalue weighted by Crippen LogP contribution is -2.04. The highest BCUT2D eigenvalue weighted by atomic mass is 16.1. The summed E-state index contributed by atoms with van der Waals surface area (Å²) in [6.45, 7) is 9.26. The lowest BCUT2D eigenvalue weighted by molar-refractivity contribution is -0.114. The van der Waals surface area contributed by atoms with Crippen molar-refractivity contribution in [2.45, 2.75) is 0 Å². The Morgan fingerprint density at radius 3 is 0.667 bits per heavy atom. The molecule has 0 fully saturated rings. The molecule has 0 unspecified atom stereocenters. The molecule has 0 spiro atoms. The molecule has 0 aromatic carbocycles. The van der Waals surface area contributed by atoms with Gasteiger partial charge in [-0.3, -0.25) is 14.4 Å². The van der Waals surface area contributed by atoms with E-state index in [4.69, 9.17) is 0 Å². The van der Waals surface area contributed by atoms with Gasteiger partial charge in [-0.15, -0.1) is 0 Å². The minimum absolute atomic E-state index is 0. The zero-order chi connectivity index (χ0) is 12.9. The van der Waals surface area contributed by atoms with Crippen LogP contribution < -0.4 is 35.7 Å². The van der Waals surface area contributed by atoms with Crippen molar-refractivity contribution >= 4 is 17.7 Å². The van der Waals surface area contributed by atoms with Crippen molar-refractivity contribution in [1.82, 2.24) is 18.5 Å². The van der Waals surface area contributed by atoms with Gasteiger partial charge in [-0.2, -0.15) is 0 Å². The molecule has 0 aromatic rings. The van der Waals surface area contributed by atoms with E-state index in [2.05, 4.69) is 36.9 Å². The summed E-state index contributed by atoms with van der Waals surface area (Å²) in [6.07, 6.45) is 3.17. The highest BCUT2D eigenvalue weighted by Crippen LogP contribution is 1.49. The monoisotopic (exact) mass is 264 g/mol. The van der Waals surface area contributed by atoms with E-state index in [-0.39, 0.29) is 18.5 Å². The van der Waals surface area contributed by atoms with E-state index in [1.165, 1.54) is 0 Å². The lowest BCUT2D eigenvalue weighted by atomic mass is 10.6. The fourth-order valence-electron chi connectivity index (χ4n) is 0. The van der Waals surface area contributed by atoms with Crippen LogP contribution in [0.4, 0.5) is 0 Å². The molecule has 0 rings (SSSR count). The molecule has 0 saturated heterocycles. The van der Waals surface area contributed by atoms with Gasteiger partial charge in [0.25, 0.3) is 0 Å². The Hall–Kier alpha value is -2.49. The van der Waals surface area contributed by atoms with Gasteiger partial charge in [0.15, 0.2) is 0 Å². The molecular formula is C9H24N6O3. The summed E-state index contributed by atoms with van der Waals surface area (Å²) in [5, 5.41) is 0. The van der Waals surface area contributed by atoms with Crippen LogP contribution in [0.2, 0.25) is 0 Å². The minimum atomic E-state index is -0.481. The second kappa shape index (κ2) is 29.3. The summed E-state index contributed by atoms with van der Waals surface area (Å²) < 4.78 is 0. The molecule has 0 saturated carbocycles. The quantitative estimate of drug-likeness (QED) is 0.365. The van der Waals surface area contributed by atoms with E-state index < -0.39 is 17.7 Å². The SMILES string of the molecule is C=CC(N)=O.C=CC(N)=O.C=CC(N)=O.N.N.N. The van der Waals surface area contributed by atoms with Gasteiger partial charge in [0.1, 0.15) is 0 Å². The first kappa shape index (κ1) is 36.1. The van der Waals surface area contributed by atoms with Crippen LogP contribution in [0.5, 0.6) is 0 Å². The van der Waals surface area contributed by atoms with Crippen molar-refractivity contribution < 1.29 is 14.4 Å². The molecule has 0 bridgehead atoms. The minimum Gasteiger partial charge on any atom is -0.366 e. The maximum atomic E-state index is 9.47. The summed E-state index contributed by atoms with van der Waals surface area (Å²) in [4.78, 5) is 28.4. The number of hydrogen-bond acceptors (Lipinski definition) is 6. The Morgan fingerprint density at radius 1 is 0.611 bits per heavy atom. The van der Waals surface area contributed by atoms with Crippen molar-refractivity contribution in [3.8, 4) is 0 Å². The fourth-order valence-corrected chi connectivity index (χ4v) is 0. The van der Waals surface area contributed by atoms with Gasteiger partial charge in [-0.05, 0) is 18.2 Å². The first-order chi connectivity index (χ1) is 6.81. The molecule has 0 atom stereocenters. The normalized spacial score (nSPS) is 5.33. The van der Waals surface area contributed by atoms with E-state index >= 15 is 0 Å². The Kier molecular flexibility index (Phi) is 58.7. The van der Waals surface area contributed by atoms with Gasteiger partial charge in [0, 0.05) is 0 Å². The molecular weight excluding hydrogens is 240 g/mol. The Balaban J connectivity index is -0.0000000277. The molecule has 3 amide bonds. The summed E-state index contributed by atoms with van der Waals surface area (Å²) >= 11 is 0. The maximum Gasteiger partial charge on any atom is 0.240 e. The number of hydrogen-bond donors (Lipinski definition) is 6. The zero-order valence-electron chi connectivity index (χ0n) is 10.4. The Bertz CT molecular complexity index is 222. The van der Waals surface area contributed by atoms with E-state index in [0.29, 0.717) is 0 Å². The third-order valence-electron chi connectivity index (χ3n) is 0.604. The first-order valence-electron chi connectivity index (χ1n) is 3.57. The van der Waals surface area contributed by atoms with Gasteiger partial charge < -0.3 is 35.7 Å². The number of rotatable bonds is 3. The summed E-state index contributed by atoms with van der Waals surface area (Å²) in [5.41, 5.74) is 13.6. The van der Waals surface area contributed by atoms with Crippen molar-refractivity contribution in [2.75, 3.05) is 0 Å². The fraction of sp³-hybridized carbons (Fsp3) is 0. The molecule has 0 aliphatic heterocycles. The summed E-state index contributed by atoms with van der Waals surface area (Å²) in [7, 11) is 0. The van der Waals surface area contributed by atoms with Gasteiger partial charge >= 0.3 is 0 Å². The van der Waals surface area contributed by atoms with E-state index in [9.17, 15) is 14.4 Å². The zero-order valence-corrected chi connectivity index (χ0v) is 10.4. The predicted octanol–water partition coefficient (Wildman–Crippen LogP) is -0.541. The van der Waals surface area contributed by atoms with Crippen LogP contribution >= 0.6 is 0 Å². The molecule has 9 heteroatoms. The van der Waals surface area contributed by atoms with Crippen LogP contribution in [0.15, 0.2) is 38.0 Å². The molecule has 108 valence electrons. The molecule has 9 nitrogen and oxygen atoms in total. The second-order valence-electron chi connectivity index (χ2n) is 1.82. The van der Waals surface area contributed by atoms with Crippen LogP contribution in [0.3, 0.4) is 0 Å². The second-order valence-corrected chi connectivity index (χ2v) is 1.82. The van der Waals surface area contributed by atoms with Crippen LogP contribution in [-0.2, 0) is 14.4 Å². The maximum absolute atomic E-state index is 9.47. The van der Waals surface area contributed by atoms with Gasteiger partial charge in [-0.25, -0.2) is 0 Å². The highest BCUT2D eigenvalue weighted by molar-refractivity contribution is 5.85. The Morgan fingerprint density at radius 2 is 0.667 bits per heavy atom. The number of carbonyl (C=O) groups excluding carboxylic acids is 3. The molecule has 0 aliphatic rings. The molecule has 15 N–H and O–H groups in total. The van der Waals surface area contributed by atoms with Gasteiger partial charge in [0.2, 0.25) is 17.7 Å². The number of nitrogens with two attached hydrogens (primary N) is 3. The largest absolute Gasteiger partial charge is 0.366 e. The van der Waals surface area contributed by atoms with Crippen molar-refractivity contribution in [2.24, 2.45) is 17.2 Å². The third kappa shape index (κ3) is 172. The first-order valence-corrected chi connectivity index (χ1v) is 3.57. The average molecular weight is 264 g/mol. The smallest absolute Gasteiger partial charge is 0.240 e. The van der Waals surface area contributed by atoms with Gasteiger partial charge in [0.05, 0.1) is 0 Å². The topological polar surface area (TPSA) is 234 Å². The van der Waals surface area contributed by atoms with Crippen molar-refractivity contribution in [3.05, 3.63) is 38.0 Å². The van der Waals surface area contributed by atoms with Crippen LogP contribution in [0, 0.1) is 0 Å². The van der Waals surface area contributed by atoms with Crippen LogP contribution in [0.25, 0.3) is 0 Å². The van der Waals surface area contributed by atoms with Crippen LogP contribution in [-0.4, -0.2) is 17.7 Å². The molecule has 0 aliphatic carbocycles. The van der Waals surface area contributed by atoms with Gasteiger partial charge in [-0.1, -0.05) is 19.7 Å². The standard InChI is InChI=1S/3C3H5NO.3H3N/c3*1-2-3(4)5;;;/h3*2H,1H2,(H2,4,5);3*1H3. The molecule has 0 radical (unpaired) electrons. The molecule has 0 aromatic heterocycles. The van der Waals surface area contributed by atoms with Crippen LogP contribution in [0.1, 0.15) is 0 Å². The molecule has 18 heavy (non-hydrogen) atoms. The van der Waals surface area contributed by atoms with E-state index in [1.807, 2.05) is 0 Å². The van der Waals surface area contributed by atoms with Crippen molar-refractivity contribution in [3.63, 3.8) is 0 Å². The van der Waals surface area contributed by atoms with E-state index in [1.54, 1.807) is 0 Å². The average Bonchev–Trinajstić information content (AvgIpc) is 2.19. The lowest BCUT2D eigenvalue weighted by Gasteiger charge is -1.65. The number of primary amides is 3. The number of amides is 3. The van der Waals surface area contributed by atoms with Crippen molar-refractivity contribution in [1.29, 1.82) is 0 Å². The summed E-state index contributed by atoms with van der Waals surface area (Å²) in [6, 6.07) is 0. The van der Waals surface area contributed by atoms with E-state index in [0.717, 1.165) is 18.2 Å². The highest BCUT2D eigenvalue weighted by Gasteiger charge is 1.70.